The average Bonchev–Trinajstić information content (AvgIpc) is 2.89. The molecule has 5 nitrogen and oxygen atoms in total. The van der Waals surface area contributed by atoms with Crippen LogP contribution in [0, 0.1) is 5.82 Å². The molecule has 3 rings (SSSR count). The van der Waals surface area contributed by atoms with Crippen molar-refractivity contribution >= 4 is 17.0 Å². The van der Waals surface area contributed by atoms with Gasteiger partial charge in [-0.15, -0.1) is 0 Å². The van der Waals surface area contributed by atoms with E-state index >= 15 is 0 Å². The molecule has 0 aliphatic heterocycles. The van der Waals surface area contributed by atoms with E-state index in [1.54, 1.807) is 24.3 Å². The first-order chi connectivity index (χ1) is 11.1. The van der Waals surface area contributed by atoms with Gasteiger partial charge in [0.2, 0.25) is 5.91 Å². The Morgan fingerprint density at radius 2 is 2.04 bits per heavy atom. The molecule has 1 heterocycles. The van der Waals surface area contributed by atoms with Gasteiger partial charge in [0.1, 0.15) is 5.82 Å². The van der Waals surface area contributed by atoms with Gasteiger partial charge in [0.25, 0.3) is 0 Å². The molecule has 23 heavy (non-hydrogen) atoms. The molecule has 0 aliphatic rings. The lowest BCUT2D eigenvalue weighted by Crippen LogP contribution is -2.27. The van der Waals surface area contributed by atoms with E-state index in [2.05, 4.69) is 10.3 Å². The number of rotatable bonds is 5. The van der Waals surface area contributed by atoms with E-state index in [4.69, 9.17) is 4.42 Å². The summed E-state index contributed by atoms with van der Waals surface area (Å²) in [6, 6.07) is 11.6. The van der Waals surface area contributed by atoms with E-state index in [0.717, 1.165) is 5.56 Å². The Kier molecular flexibility index (Phi) is 4.23. The third kappa shape index (κ3) is 3.66. The smallest absolute Gasteiger partial charge is 0.408 e. The van der Waals surface area contributed by atoms with Crippen LogP contribution in [0.3, 0.4) is 0 Å². The lowest BCUT2D eigenvalue weighted by atomic mass is 10.1. The second-order valence-electron chi connectivity index (χ2n) is 5.21. The van der Waals surface area contributed by atoms with Gasteiger partial charge >= 0.3 is 5.76 Å². The van der Waals surface area contributed by atoms with Crippen LogP contribution >= 0.6 is 0 Å². The fourth-order valence-corrected chi connectivity index (χ4v) is 2.38. The molecule has 0 unspecified atom stereocenters. The van der Waals surface area contributed by atoms with E-state index in [0.29, 0.717) is 29.6 Å². The van der Waals surface area contributed by atoms with Crippen molar-refractivity contribution in [2.45, 2.75) is 12.8 Å². The van der Waals surface area contributed by atoms with E-state index in [9.17, 15) is 14.0 Å². The molecule has 0 saturated heterocycles. The third-order valence-electron chi connectivity index (χ3n) is 3.53. The maximum atomic E-state index is 13.5. The Morgan fingerprint density at radius 1 is 1.22 bits per heavy atom. The molecule has 2 aromatic carbocycles. The van der Waals surface area contributed by atoms with Crippen molar-refractivity contribution in [2.75, 3.05) is 6.54 Å². The number of carbonyl (C=O) groups is 1. The Bertz CT molecular complexity index is 898. The Labute approximate surface area is 131 Å². The Hall–Kier alpha value is -2.89. The molecule has 0 fully saturated rings. The summed E-state index contributed by atoms with van der Waals surface area (Å²) < 4.78 is 18.4. The van der Waals surface area contributed by atoms with E-state index < -0.39 is 5.76 Å². The molecule has 0 spiro atoms. The predicted octanol–water partition coefficient (Wildman–Crippen LogP) is 2.16. The second kappa shape index (κ2) is 6.48. The van der Waals surface area contributed by atoms with Crippen LogP contribution in [-0.2, 0) is 17.6 Å². The highest BCUT2D eigenvalue weighted by atomic mass is 19.1. The minimum Gasteiger partial charge on any atom is -0.408 e. The molecule has 1 amide bonds. The summed E-state index contributed by atoms with van der Waals surface area (Å²) in [7, 11) is 0. The minimum atomic E-state index is -0.490. The number of aromatic nitrogens is 1. The zero-order chi connectivity index (χ0) is 16.2. The van der Waals surface area contributed by atoms with Gasteiger partial charge < -0.3 is 9.73 Å². The van der Waals surface area contributed by atoms with Crippen molar-refractivity contribution in [1.29, 1.82) is 0 Å². The van der Waals surface area contributed by atoms with E-state index in [1.807, 2.05) is 12.1 Å². The fraction of sp³-hybridized carbons (Fsp3) is 0.176. The molecule has 0 radical (unpaired) electrons. The van der Waals surface area contributed by atoms with Gasteiger partial charge in [-0.3, -0.25) is 9.78 Å². The number of H-pyrrole nitrogens is 1. The maximum Gasteiger partial charge on any atom is 0.417 e. The highest BCUT2D eigenvalue weighted by molar-refractivity contribution is 5.78. The number of aromatic amines is 1. The molecule has 0 atom stereocenters. The van der Waals surface area contributed by atoms with Crippen LogP contribution in [0.2, 0.25) is 0 Å². The van der Waals surface area contributed by atoms with Crippen LogP contribution in [0.25, 0.3) is 11.1 Å². The number of oxazole rings is 1. The quantitative estimate of drug-likeness (QED) is 0.758. The maximum absolute atomic E-state index is 13.5. The van der Waals surface area contributed by atoms with Crippen molar-refractivity contribution < 1.29 is 13.6 Å². The molecular formula is C17H15FN2O3. The summed E-state index contributed by atoms with van der Waals surface area (Å²) in [6.45, 7) is 0.431. The largest absolute Gasteiger partial charge is 0.417 e. The molecule has 0 saturated carbocycles. The molecule has 2 N–H and O–H groups in total. The summed E-state index contributed by atoms with van der Waals surface area (Å²) in [6.07, 6.45) is 0.618. The third-order valence-corrected chi connectivity index (χ3v) is 3.53. The van der Waals surface area contributed by atoms with Gasteiger partial charge in [-0.1, -0.05) is 24.3 Å². The standard InChI is InChI=1S/C17H15FN2O3/c18-13-4-2-1-3-12(13)10-16(21)19-8-7-11-5-6-15-14(9-11)20-17(22)23-15/h1-6,9H,7-8,10H2,(H,19,21)(H,20,22). The first-order valence-electron chi connectivity index (χ1n) is 7.24. The first kappa shape index (κ1) is 15.0. The lowest BCUT2D eigenvalue weighted by molar-refractivity contribution is -0.120. The molecular weight excluding hydrogens is 299 g/mol. The zero-order valence-corrected chi connectivity index (χ0v) is 12.3. The van der Waals surface area contributed by atoms with Crippen molar-refractivity contribution in [3.63, 3.8) is 0 Å². The topological polar surface area (TPSA) is 75.1 Å². The number of hydrogen-bond acceptors (Lipinski definition) is 3. The number of nitrogens with one attached hydrogen (secondary N) is 2. The van der Waals surface area contributed by atoms with Crippen LogP contribution in [0.4, 0.5) is 4.39 Å². The normalized spacial score (nSPS) is 10.8. The number of hydrogen-bond donors (Lipinski definition) is 2. The zero-order valence-electron chi connectivity index (χ0n) is 12.3. The van der Waals surface area contributed by atoms with Crippen molar-refractivity contribution in [3.05, 3.63) is 70.0 Å². The van der Waals surface area contributed by atoms with Crippen molar-refractivity contribution in [2.24, 2.45) is 0 Å². The Balaban J connectivity index is 1.54. The number of fused-ring (bicyclic) bond motifs is 1. The average molecular weight is 314 g/mol. The van der Waals surface area contributed by atoms with Gasteiger partial charge in [0, 0.05) is 6.54 Å². The second-order valence-corrected chi connectivity index (χ2v) is 5.21. The summed E-state index contributed by atoms with van der Waals surface area (Å²) in [5.74, 6) is -1.10. The van der Waals surface area contributed by atoms with E-state index in [-0.39, 0.29) is 18.1 Å². The van der Waals surface area contributed by atoms with Gasteiger partial charge in [-0.05, 0) is 35.7 Å². The molecule has 3 aromatic rings. The highest BCUT2D eigenvalue weighted by Gasteiger charge is 2.07. The number of halogens is 1. The van der Waals surface area contributed by atoms with Crippen molar-refractivity contribution in [3.8, 4) is 0 Å². The Morgan fingerprint density at radius 3 is 2.87 bits per heavy atom. The van der Waals surface area contributed by atoms with Gasteiger partial charge in [0.15, 0.2) is 5.58 Å². The summed E-state index contributed by atoms with van der Waals surface area (Å²) in [4.78, 5) is 25.5. The van der Waals surface area contributed by atoms with Gasteiger partial charge in [-0.25, -0.2) is 9.18 Å². The summed E-state index contributed by atoms with van der Waals surface area (Å²) in [5.41, 5.74) is 2.47. The number of carbonyl (C=O) groups excluding carboxylic acids is 1. The lowest BCUT2D eigenvalue weighted by Gasteiger charge is -2.06. The number of benzene rings is 2. The number of amides is 1. The molecule has 1 aromatic heterocycles. The summed E-state index contributed by atoms with van der Waals surface area (Å²) in [5, 5.41) is 2.76. The fourth-order valence-electron chi connectivity index (χ4n) is 2.38. The van der Waals surface area contributed by atoms with Crippen molar-refractivity contribution in [1.82, 2.24) is 10.3 Å². The minimum absolute atomic E-state index is 0.0146. The predicted molar refractivity (Wildman–Crippen MR) is 83.7 cm³/mol. The monoisotopic (exact) mass is 314 g/mol. The SMILES string of the molecule is O=C(Cc1ccccc1F)NCCc1ccc2oc(=O)[nH]c2c1. The van der Waals surface area contributed by atoms with Gasteiger partial charge in [-0.2, -0.15) is 0 Å². The van der Waals surface area contributed by atoms with Crippen LogP contribution in [0.15, 0.2) is 51.7 Å². The molecule has 0 aliphatic carbocycles. The van der Waals surface area contributed by atoms with Crippen LogP contribution in [0.5, 0.6) is 0 Å². The van der Waals surface area contributed by atoms with E-state index in [1.165, 1.54) is 6.07 Å². The van der Waals surface area contributed by atoms with Crippen LogP contribution in [0.1, 0.15) is 11.1 Å². The van der Waals surface area contributed by atoms with Gasteiger partial charge in [0.05, 0.1) is 11.9 Å². The van der Waals surface area contributed by atoms with Crippen LogP contribution in [-0.4, -0.2) is 17.4 Å². The summed E-state index contributed by atoms with van der Waals surface area (Å²) >= 11 is 0. The molecule has 118 valence electrons. The first-order valence-corrected chi connectivity index (χ1v) is 7.24. The molecule has 6 heteroatoms. The highest BCUT2D eigenvalue weighted by Crippen LogP contribution is 2.12. The molecule has 0 bridgehead atoms. The van der Waals surface area contributed by atoms with Crippen LogP contribution < -0.4 is 11.1 Å².